The van der Waals surface area contributed by atoms with Crippen LogP contribution in [0.2, 0.25) is 0 Å². The number of carboxylic acid groups (broad SMARTS) is 1. The lowest BCUT2D eigenvalue weighted by molar-refractivity contribution is -0.136. The van der Waals surface area contributed by atoms with Crippen LogP contribution in [0.1, 0.15) is 34.3 Å². The zero-order chi connectivity index (χ0) is 25.4. The van der Waals surface area contributed by atoms with Gasteiger partial charge in [0, 0.05) is 30.5 Å². The van der Waals surface area contributed by atoms with Gasteiger partial charge in [-0.25, -0.2) is 17.7 Å². The Bertz CT molecular complexity index is 1570. The molecule has 1 aromatic carbocycles. The van der Waals surface area contributed by atoms with Crippen LogP contribution < -0.4 is 5.32 Å². The largest absolute Gasteiger partial charge is 0.481 e. The molecule has 2 N–H and O–H groups in total. The first-order chi connectivity index (χ1) is 17.2. The fourth-order valence-electron chi connectivity index (χ4n) is 3.87. The Hall–Kier alpha value is -4.10. The molecule has 186 valence electrons. The summed E-state index contributed by atoms with van der Waals surface area (Å²) in [6, 6.07) is 10.8. The maximum Gasteiger partial charge on any atom is 0.304 e. The Kier molecular flexibility index (Phi) is 6.02. The molecule has 36 heavy (non-hydrogen) atoms. The molecule has 5 rings (SSSR count). The molecule has 4 aromatic rings. The van der Waals surface area contributed by atoms with Crippen LogP contribution in [0, 0.1) is 6.92 Å². The summed E-state index contributed by atoms with van der Waals surface area (Å²) in [6.45, 7) is 2.17. The second kappa shape index (κ2) is 9.17. The number of nitrogens with zero attached hydrogens (tertiary/aromatic N) is 5. The number of carboxylic acids is 1. The number of aromatic nitrogens is 4. The molecule has 0 bridgehead atoms. The average Bonchev–Trinajstić information content (AvgIpc) is 3.46. The van der Waals surface area contributed by atoms with Crippen LogP contribution in [0.5, 0.6) is 0 Å². The van der Waals surface area contributed by atoms with E-state index in [9.17, 15) is 18.0 Å². The number of anilines is 1. The van der Waals surface area contributed by atoms with Crippen LogP contribution in [0.25, 0.3) is 17.0 Å². The molecular weight excluding hydrogens is 488 g/mol. The fraction of sp³-hybridized carbons (Fsp3) is 0.261. The van der Waals surface area contributed by atoms with E-state index in [-0.39, 0.29) is 24.9 Å². The number of nitrogens with one attached hydrogen (secondary N) is 1. The first-order valence-corrected chi connectivity index (χ1v) is 12.7. The molecule has 3 aromatic heterocycles. The molecule has 0 spiro atoms. The fourth-order valence-corrected chi connectivity index (χ4v) is 5.37. The zero-order valence-corrected chi connectivity index (χ0v) is 20.0. The van der Waals surface area contributed by atoms with E-state index in [0.717, 1.165) is 5.56 Å². The summed E-state index contributed by atoms with van der Waals surface area (Å²) in [6.07, 6.45) is 2.83. The van der Waals surface area contributed by atoms with E-state index in [1.165, 1.54) is 10.5 Å². The molecule has 1 aliphatic heterocycles. The van der Waals surface area contributed by atoms with Crippen LogP contribution in [0.4, 0.5) is 5.69 Å². The molecule has 0 aliphatic carbocycles. The van der Waals surface area contributed by atoms with E-state index < -0.39 is 28.2 Å². The predicted octanol–water partition coefficient (Wildman–Crippen LogP) is 2.15. The highest BCUT2D eigenvalue weighted by atomic mass is 32.2. The van der Waals surface area contributed by atoms with Crippen molar-refractivity contribution in [3.05, 3.63) is 65.9 Å². The number of hydrogen-bond donors (Lipinski definition) is 2. The molecule has 0 atom stereocenters. The third-order valence-electron chi connectivity index (χ3n) is 6.00. The minimum atomic E-state index is -3.64. The van der Waals surface area contributed by atoms with Gasteiger partial charge in [-0.3, -0.25) is 14.0 Å². The summed E-state index contributed by atoms with van der Waals surface area (Å²) < 4.78 is 32.7. The van der Waals surface area contributed by atoms with E-state index in [4.69, 9.17) is 9.63 Å². The van der Waals surface area contributed by atoms with Gasteiger partial charge in [0.15, 0.2) is 0 Å². The Labute approximate surface area is 205 Å². The average molecular weight is 511 g/mol. The standard InChI is InChI=1S/C23H22N6O6S/c1-14-5-6-15(10-17(14)25-22(32)18-11-24-19-4-2-3-8-29(18)19)21-26-23(35-27-21)16-12-28(13-16)36(33,34)9-7-20(30)31/h2-6,8,10-11,16H,7,9,12-13H2,1H3,(H,25,32)(H,30,31). The predicted molar refractivity (Wildman–Crippen MR) is 128 cm³/mol. The Morgan fingerprint density at radius 3 is 2.81 bits per heavy atom. The Balaban J connectivity index is 1.28. The molecule has 13 heteroatoms. The highest BCUT2D eigenvalue weighted by Crippen LogP contribution is 2.31. The lowest BCUT2D eigenvalue weighted by Gasteiger charge is -2.35. The lowest BCUT2D eigenvalue weighted by Crippen LogP contribution is -2.49. The van der Waals surface area contributed by atoms with Crippen molar-refractivity contribution in [1.82, 2.24) is 23.8 Å². The van der Waals surface area contributed by atoms with Crippen molar-refractivity contribution in [3.63, 3.8) is 0 Å². The molecule has 4 heterocycles. The summed E-state index contributed by atoms with van der Waals surface area (Å²) in [7, 11) is -3.64. The molecule has 1 amide bonds. The van der Waals surface area contributed by atoms with Gasteiger partial charge in [-0.2, -0.15) is 4.98 Å². The van der Waals surface area contributed by atoms with Crippen molar-refractivity contribution in [2.45, 2.75) is 19.3 Å². The van der Waals surface area contributed by atoms with Crippen LogP contribution in [-0.4, -0.2) is 68.1 Å². The second-order valence-electron chi connectivity index (χ2n) is 8.49. The monoisotopic (exact) mass is 510 g/mol. The van der Waals surface area contributed by atoms with Gasteiger partial charge in [-0.05, 0) is 30.7 Å². The maximum atomic E-state index is 12.9. The van der Waals surface area contributed by atoms with Crippen molar-refractivity contribution < 1.29 is 27.6 Å². The number of aryl methyl sites for hydroxylation is 1. The van der Waals surface area contributed by atoms with Gasteiger partial charge < -0.3 is 14.9 Å². The van der Waals surface area contributed by atoms with Gasteiger partial charge in [0.1, 0.15) is 11.3 Å². The summed E-state index contributed by atoms with van der Waals surface area (Å²) in [5, 5.41) is 15.6. The van der Waals surface area contributed by atoms with E-state index in [0.29, 0.717) is 34.3 Å². The number of hydrogen-bond acceptors (Lipinski definition) is 8. The van der Waals surface area contributed by atoms with Gasteiger partial charge in [-0.1, -0.05) is 23.4 Å². The normalized spacial score (nSPS) is 14.6. The number of carbonyl (C=O) groups excluding carboxylic acids is 1. The second-order valence-corrected chi connectivity index (χ2v) is 10.6. The lowest BCUT2D eigenvalue weighted by atomic mass is 10.0. The number of carbonyl (C=O) groups is 2. The van der Waals surface area contributed by atoms with Gasteiger partial charge in [-0.15, -0.1) is 0 Å². The molecule has 0 unspecified atom stereocenters. The van der Waals surface area contributed by atoms with E-state index in [1.54, 1.807) is 22.7 Å². The highest BCUT2D eigenvalue weighted by molar-refractivity contribution is 7.89. The number of amides is 1. The van der Waals surface area contributed by atoms with Crippen molar-refractivity contribution in [1.29, 1.82) is 0 Å². The number of fused-ring (bicyclic) bond motifs is 1. The maximum absolute atomic E-state index is 12.9. The molecule has 0 saturated carbocycles. The minimum absolute atomic E-state index is 0.151. The first kappa shape index (κ1) is 23.6. The first-order valence-electron chi connectivity index (χ1n) is 11.1. The zero-order valence-electron chi connectivity index (χ0n) is 19.2. The van der Waals surface area contributed by atoms with E-state index >= 15 is 0 Å². The summed E-state index contributed by atoms with van der Waals surface area (Å²) in [4.78, 5) is 32.2. The van der Waals surface area contributed by atoms with Gasteiger partial charge in [0.2, 0.25) is 21.7 Å². The summed E-state index contributed by atoms with van der Waals surface area (Å²) >= 11 is 0. The van der Waals surface area contributed by atoms with Crippen LogP contribution in [-0.2, 0) is 14.8 Å². The Morgan fingerprint density at radius 2 is 2.03 bits per heavy atom. The van der Waals surface area contributed by atoms with Crippen molar-refractivity contribution in [2.24, 2.45) is 0 Å². The van der Waals surface area contributed by atoms with Gasteiger partial charge >= 0.3 is 5.97 Å². The quantitative estimate of drug-likeness (QED) is 0.362. The SMILES string of the molecule is Cc1ccc(-c2noc(C3CN(S(=O)(=O)CCC(=O)O)C3)n2)cc1NC(=O)c1cnc2ccccn12. The number of imidazole rings is 1. The van der Waals surface area contributed by atoms with E-state index in [1.807, 2.05) is 31.2 Å². The summed E-state index contributed by atoms with van der Waals surface area (Å²) in [5.41, 5.74) is 3.09. The number of sulfonamides is 1. The minimum Gasteiger partial charge on any atom is -0.481 e. The van der Waals surface area contributed by atoms with Crippen molar-refractivity contribution in [2.75, 3.05) is 24.2 Å². The van der Waals surface area contributed by atoms with Crippen molar-refractivity contribution in [3.8, 4) is 11.4 Å². The molecule has 1 saturated heterocycles. The van der Waals surface area contributed by atoms with Crippen molar-refractivity contribution >= 4 is 33.2 Å². The van der Waals surface area contributed by atoms with Gasteiger partial charge in [0.05, 0.1) is 24.3 Å². The molecule has 1 aliphatic rings. The number of rotatable bonds is 8. The van der Waals surface area contributed by atoms with Crippen LogP contribution >= 0.6 is 0 Å². The number of pyridine rings is 1. The summed E-state index contributed by atoms with van der Waals surface area (Å²) in [5.74, 6) is -1.60. The topological polar surface area (TPSA) is 160 Å². The smallest absolute Gasteiger partial charge is 0.304 e. The van der Waals surface area contributed by atoms with E-state index in [2.05, 4.69) is 20.4 Å². The number of aliphatic carboxylic acids is 1. The van der Waals surface area contributed by atoms with Crippen LogP contribution in [0.15, 0.2) is 53.3 Å². The third-order valence-corrected chi connectivity index (χ3v) is 7.80. The van der Waals surface area contributed by atoms with Crippen LogP contribution in [0.3, 0.4) is 0 Å². The Morgan fingerprint density at radius 1 is 1.22 bits per heavy atom. The molecule has 1 fully saturated rings. The highest BCUT2D eigenvalue weighted by Gasteiger charge is 2.39. The molecular formula is C23H22N6O6S. The molecule has 0 radical (unpaired) electrons. The third kappa shape index (κ3) is 4.57. The molecule has 12 nitrogen and oxygen atoms in total. The van der Waals surface area contributed by atoms with Gasteiger partial charge in [0.25, 0.3) is 5.91 Å². The number of benzene rings is 1.